The lowest BCUT2D eigenvalue weighted by Gasteiger charge is -2.17. The predicted molar refractivity (Wildman–Crippen MR) is 67.4 cm³/mol. The molecule has 0 saturated heterocycles. The fourth-order valence-electron chi connectivity index (χ4n) is 2.81. The van der Waals surface area contributed by atoms with Crippen molar-refractivity contribution in [3.63, 3.8) is 0 Å². The first-order valence-electron chi connectivity index (χ1n) is 6.60. The van der Waals surface area contributed by atoms with E-state index in [1.807, 2.05) is 18.2 Å². The number of nitrogens with one attached hydrogen (secondary N) is 1. The second kappa shape index (κ2) is 3.86. The summed E-state index contributed by atoms with van der Waals surface area (Å²) in [7, 11) is 0. The van der Waals surface area contributed by atoms with Gasteiger partial charge in [0.25, 0.3) is 0 Å². The van der Waals surface area contributed by atoms with Crippen molar-refractivity contribution >= 4 is 5.91 Å². The molecule has 90 valence electrons. The summed E-state index contributed by atoms with van der Waals surface area (Å²) in [5, 5.41) is 3.20. The standard InChI is InChI=1S/C15H19NO/c1-2-13(11-6-4-3-5-7-11)16-14(17)12-10-15(12)8-9-15/h3-7,12-13H,2,8-10H2,1H3,(H,16,17)/t12?,13-/m1/s1. The Morgan fingerprint density at radius 1 is 1.41 bits per heavy atom. The number of benzene rings is 1. The molecule has 1 spiro atoms. The fourth-order valence-corrected chi connectivity index (χ4v) is 2.81. The van der Waals surface area contributed by atoms with Gasteiger partial charge in [0.1, 0.15) is 0 Å². The number of rotatable bonds is 4. The van der Waals surface area contributed by atoms with Crippen molar-refractivity contribution in [1.82, 2.24) is 5.32 Å². The quantitative estimate of drug-likeness (QED) is 0.844. The highest BCUT2D eigenvalue weighted by atomic mass is 16.2. The van der Waals surface area contributed by atoms with Gasteiger partial charge in [-0.3, -0.25) is 4.79 Å². The van der Waals surface area contributed by atoms with E-state index in [0.29, 0.717) is 11.3 Å². The SMILES string of the molecule is CC[C@@H](NC(=O)C1CC12CC2)c1ccccc1. The minimum absolute atomic E-state index is 0.181. The van der Waals surface area contributed by atoms with Crippen LogP contribution in [0.1, 0.15) is 44.2 Å². The lowest BCUT2D eigenvalue weighted by atomic mass is 10.0. The van der Waals surface area contributed by atoms with Gasteiger partial charge >= 0.3 is 0 Å². The van der Waals surface area contributed by atoms with Crippen LogP contribution in [0.3, 0.4) is 0 Å². The minimum Gasteiger partial charge on any atom is -0.349 e. The molecule has 1 unspecified atom stereocenters. The van der Waals surface area contributed by atoms with E-state index in [4.69, 9.17) is 0 Å². The summed E-state index contributed by atoms with van der Waals surface area (Å²) < 4.78 is 0. The Morgan fingerprint density at radius 2 is 2.12 bits per heavy atom. The van der Waals surface area contributed by atoms with E-state index in [2.05, 4.69) is 24.4 Å². The van der Waals surface area contributed by atoms with E-state index in [1.54, 1.807) is 0 Å². The zero-order chi connectivity index (χ0) is 11.9. The van der Waals surface area contributed by atoms with E-state index in [-0.39, 0.29) is 11.9 Å². The molecule has 0 aliphatic heterocycles. The number of amides is 1. The van der Waals surface area contributed by atoms with Gasteiger partial charge in [-0.2, -0.15) is 0 Å². The molecular formula is C15H19NO. The van der Waals surface area contributed by atoms with E-state index < -0.39 is 0 Å². The smallest absolute Gasteiger partial charge is 0.224 e. The average molecular weight is 229 g/mol. The molecule has 1 aromatic rings. The van der Waals surface area contributed by atoms with Crippen LogP contribution in [0, 0.1) is 11.3 Å². The summed E-state index contributed by atoms with van der Waals surface area (Å²) in [6, 6.07) is 10.4. The zero-order valence-electron chi connectivity index (χ0n) is 10.3. The first-order chi connectivity index (χ1) is 8.25. The van der Waals surface area contributed by atoms with Gasteiger partial charge in [-0.25, -0.2) is 0 Å². The van der Waals surface area contributed by atoms with Crippen LogP contribution in [0.2, 0.25) is 0 Å². The predicted octanol–water partition coefficient (Wildman–Crippen LogP) is 3.05. The maximum atomic E-state index is 12.1. The monoisotopic (exact) mass is 229 g/mol. The molecule has 1 amide bonds. The third-order valence-corrected chi connectivity index (χ3v) is 4.33. The summed E-state index contributed by atoms with van der Waals surface area (Å²) in [5.74, 6) is 0.596. The van der Waals surface area contributed by atoms with Gasteiger partial charge in [0.05, 0.1) is 6.04 Å². The Hall–Kier alpha value is -1.31. The van der Waals surface area contributed by atoms with Crippen LogP contribution >= 0.6 is 0 Å². The Morgan fingerprint density at radius 3 is 2.65 bits per heavy atom. The van der Waals surface area contributed by atoms with E-state index in [9.17, 15) is 4.79 Å². The second-order valence-electron chi connectivity index (χ2n) is 5.50. The van der Waals surface area contributed by atoms with Gasteiger partial charge in [0, 0.05) is 5.92 Å². The number of hydrogen-bond donors (Lipinski definition) is 1. The number of carbonyl (C=O) groups excluding carboxylic acids is 1. The van der Waals surface area contributed by atoms with Crippen molar-refractivity contribution in [2.75, 3.05) is 0 Å². The van der Waals surface area contributed by atoms with Gasteiger partial charge in [0.2, 0.25) is 5.91 Å². The Labute approximate surface area is 102 Å². The second-order valence-corrected chi connectivity index (χ2v) is 5.50. The topological polar surface area (TPSA) is 29.1 Å². The molecule has 17 heavy (non-hydrogen) atoms. The van der Waals surface area contributed by atoms with Gasteiger partial charge in [-0.1, -0.05) is 37.3 Å². The lowest BCUT2D eigenvalue weighted by molar-refractivity contribution is -0.123. The first kappa shape index (κ1) is 10.8. The van der Waals surface area contributed by atoms with Crippen molar-refractivity contribution in [2.24, 2.45) is 11.3 Å². The molecule has 0 radical (unpaired) electrons. The van der Waals surface area contributed by atoms with Crippen molar-refractivity contribution in [1.29, 1.82) is 0 Å². The Balaban J connectivity index is 1.64. The molecule has 2 atom stereocenters. The van der Waals surface area contributed by atoms with Crippen LogP contribution in [0.25, 0.3) is 0 Å². The average Bonchev–Trinajstić information content (AvgIpc) is 3.28. The highest BCUT2D eigenvalue weighted by molar-refractivity contribution is 5.83. The van der Waals surface area contributed by atoms with Crippen molar-refractivity contribution in [2.45, 2.75) is 38.6 Å². The molecule has 2 saturated carbocycles. The molecule has 3 rings (SSSR count). The molecule has 1 aromatic carbocycles. The third kappa shape index (κ3) is 1.97. The van der Waals surface area contributed by atoms with Crippen LogP contribution in [0.5, 0.6) is 0 Å². The summed E-state index contributed by atoms with van der Waals surface area (Å²) in [6.45, 7) is 2.12. The van der Waals surface area contributed by atoms with Crippen molar-refractivity contribution in [3.8, 4) is 0 Å². The summed E-state index contributed by atoms with van der Waals surface area (Å²) >= 11 is 0. The number of carbonyl (C=O) groups is 1. The highest BCUT2D eigenvalue weighted by Crippen LogP contribution is 2.70. The maximum Gasteiger partial charge on any atom is 0.224 e. The summed E-state index contributed by atoms with van der Waals surface area (Å²) in [6.07, 6.45) is 4.62. The third-order valence-electron chi connectivity index (χ3n) is 4.33. The fraction of sp³-hybridized carbons (Fsp3) is 0.533. The molecule has 1 N–H and O–H groups in total. The van der Waals surface area contributed by atoms with Crippen LogP contribution < -0.4 is 5.32 Å². The molecule has 2 aliphatic carbocycles. The highest BCUT2D eigenvalue weighted by Gasteiger charge is 2.65. The van der Waals surface area contributed by atoms with Crippen LogP contribution in [-0.4, -0.2) is 5.91 Å². The normalized spacial score (nSPS) is 25.4. The molecule has 2 fully saturated rings. The summed E-state index contributed by atoms with van der Waals surface area (Å²) in [5.41, 5.74) is 1.67. The minimum atomic E-state index is 0.181. The van der Waals surface area contributed by atoms with Gasteiger partial charge in [0.15, 0.2) is 0 Å². The van der Waals surface area contributed by atoms with Crippen molar-refractivity contribution < 1.29 is 4.79 Å². The Kier molecular flexibility index (Phi) is 2.46. The van der Waals surface area contributed by atoms with Gasteiger partial charge < -0.3 is 5.32 Å². The number of hydrogen-bond acceptors (Lipinski definition) is 1. The molecule has 0 bridgehead atoms. The Bertz CT molecular complexity index is 422. The maximum absolute atomic E-state index is 12.1. The van der Waals surface area contributed by atoms with Crippen LogP contribution in [0.4, 0.5) is 0 Å². The summed E-state index contributed by atoms with van der Waals surface area (Å²) in [4.78, 5) is 12.1. The van der Waals surface area contributed by atoms with E-state index in [0.717, 1.165) is 12.8 Å². The van der Waals surface area contributed by atoms with E-state index >= 15 is 0 Å². The van der Waals surface area contributed by atoms with Crippen LogP contribution in [-0.2, 0) is 4.79 Å². The molecule has 0 heterocycles. The molecular weight excluding hydrogens is 210 g/mol. The molecule has 0 aromatic heterocycles. The lowest BCUT2D eigenvalue weighted by Crippen LogP contribution is -2.30. The van der Waals surface area contributed by atoms with Gasteiger partial charge in [-0.05, 0) is 36.7 Å². The van der Waals surface area contributed by atoms with Gasteiger partial charge in [-0.15, -0.1) is 0 Å². The van der Waals surface area contributed by atoms with Crippen molar-refractivity contribution in [3.05, 3.63) is 35.9 Å². The zero-order valence-corrected chi connectivity index (χ0v) is 10.3. The molecule has 2 aliphatic rings. The molecule has 2 nitrogen and oxygen atoms in total. The largest absolute Gasteiger partial charge is 0.349 e. The molecule has 2 heteroatoms. The van der Waals surface area contributed by atoms with E-state index in [1.165, 1.54) is 18.4 Å². The van der Waals surface area contributed by atoms with Crippen LogP contribution in [0.15, 0.2) is 30.3 Å². The first-order valence-corrected chi connectivity index (χ1v) is 6.60.